The number of ether oxygens (including phenoxy) is 2. The molecule has 0 saturated heterocycles. The van der Waals surface area contributed by atoms with Crippen molar-refractivity contribution in [2.45, 2.75) is 38.0 Å². The van der Waals surface area contributed by atoms with E-state index < -0.39 is 0 Å². The minimum Gasteiger partial charge on any atom is -0.491 e. The number of hydrogen-bond acceptors (Lipinski definition) is 8. The van der Waals surface area contributed by atoms with E-state index in [0.717, 1.165) is 37.1 Å². The van der Waals surface area contributed by atoms with Crippen molar-refractivity contribution in [2.24, 2.45) is 0 Å². The van der Waals surface area contributed by atoms with Crippen molar-refractivity contribution >= 4 is 34.4 Å². The standard InChI is InChI=1S/C30H32N6O4/c1-3-26(37)32-22-10-7-11-23(18-22)36-28-25(34-27(29(36)38)20-8-5-4-6-9-20)19-31-30(35-28)33-21-12-14-24(15-13-21)40-17-16-39-2/h3,7,10-15,18-20H,1,4-6,8-9,16-17H2,2H3,(H,32,37)(H,31,33,35). The van der Waals surface area contributed by atoms with Gasteiger partial charge in [-0.25, -0.2) is 9.97 Å². The second-order valence-corrected chi connectivity index (χ2v) is 9.61. The van der Waals surface area contributed by atoms with Crippen molar-refractivity contribution < 1.29 is 14.3 Å². The van der Waals surface area contributed by atoms with Gasteiger partial charge in [-0.15, -0.1) is 0 Å². The molecular formula is C30H32N6O4. The zero-order valence-corrected chi connectivity index (χ0v) is 22.4. The van der Waals surface area contributed by atoms with Gasteiger partial charge in [-0.05, 0) is 61.4 Å². The normalized spacial score (nSPS) is 13.6. The number of aromatic nitrogens is 4. The lowest BCUT2D eigenvalue weighted by atomic mass is 9.87. The number of carbonyl (C=O) groups excluding carboxylic acids is 1. The molecule has 206 valence electrons. The summed E-state index contributed by atoms with van der Waals surface area (Å²) in [5, 5.41) is 5.96. The van der Waals surface area contributed by atoms with Crippen LogP contribution in [0.3, 0.4) is 0 Å². The molecule has 0 spiro atoms. The van der Waals surface area contributed by atoms with Crippen molar-refractivity contribution in [3.8, 4) is 11.4 Å². The molecule has 1 amide bonds. The molecule has 1 fully saturated rings. The smallest absolute Gasteiger partial charge is 0.278 e. The first kappa shape index (κ1) is 27.0. The highest BCUT2D eigenvalue weighted by atomic mass is 16.5. The summed E-state index contributed by atoms with van der Waals surface area (Å²) in [6.07, 6.45) is 8.00. The number of hydrogen-bond donors (Lipinski definition) is 2. The predicted octanol–water partition coefficient (Wildman–Crippen LogP) is 5.12. The molecule has 2 N–H and O–H groups in total. The highest BCUT2D eigenvalue weighted by Crippen LogP contribution is 2.31. The summed E-state index contributed by atoms with van der Waals surface area (Å²) in [5.41, 5.74) is 3.07. The van der Waals surface area contributed by atoms with Crippen molar-refractivity contribution in [1.82, 2.24) is 19.5 Å². The molecular weight excluding hydrogens is 508 g/mol. The minimum absolute atomic E-state index is 0.0861. The molecule has 1 saturated carbocycles. The van der Waals surface area contributed by atoms with E-state index in [4.69, 9.17) is 19.4 Å². The van der Waals surface area contributed by atoms with E-state index in [0.29, 0.717) is 47.4 Å². The van der Waals surface area contributed by atoms with Gasteiger partial charge in [0.1, 0.15) is 23.6 Å². The third-order valence-corrected chi connectivity index (χ3v) is 6.84. The monoisotopic (exact) mass is 540 g/mol. The molecule has 10 heteroatoms. The number of carbonyl (C=O) groups is 1. The van der Waals surface area contributed by atoms with E-state index in [9.17, 15) is 9.59 Å². The summed E-state index contributed by atoms with van der Waals surface area (Å²) in [6, 6.07) is 14.5. The molecule has 5 rings (SSSR count). The second kappa shape index (κ2) is 12.5. The largest absolute Gasteiger partial charge is 0.491 e. The van der Waals surface area contributed by atoms with Crippen LogP contribution in [0.25, 0.3) is 16.9 Å². The minimum atomic E-state index is -0.337. The van der Waals surface area contributed by atoms with Gasteiger partial charge in [-0.1, -0.05) is 31.9 Å². The summed E-state index contributed by atoms with van der Waals surface area (Å²) >= 11 is 0. The third kappa shape index (κ3) is 6.18. The zero-order valence-electron chi connectivity index (χ0n) is 22.4. The molecule has 0 atom stereocenters. The molecule has 0 bridgehead atoms. The van der Waals surface area contributed by atoms with Crippen LogP contribution in [0.5, 0.6) is 5.75 Å². The second-order valence-electron chi connectivity index (χ2n) is 9.61. The molecule has 4 aromatic rings. The summed E-state index contributed by atoms with van der Waals surface area (Å²) in [7, 11) is 1.63. The van der Waals surface area contributed by atoms with Crippen LogP contribution in [0.1, 0.15) is 43.7 Å². The maximum Gasteiger partial charge on any atom is 0.278 e. The van der Waals surface area contributed by atoms with Crippen molar-refractivity contribution in [2.75, 3.05) is 31.0 Å². The maximum absolute atomic E-state index is 14.0. The summed E-state index contributed by atoms with van der Waals surface area (Å²) < 4.78 is 12.2. The summed E-state index contributed by atoms with van der Waals surface area (Å²) in [6.45, 7) is 4.48. The Morgan fingerprint density at radius 1 is 1.07 bits per heavy atom. The number of methoxy groups -OCH3 is 1. The van der Waals surface area contributed by atoms with E-state index in [1.807, 2.05) is 30.3 Å². The van der Waals surface area contributed by atoms with E-state index in [2.05, 4.69) is 22.2 Å². The number of anilines is 3. The van der Waals surface area contributed by atoms with Crippen LogP contribution >= 0.6 is 0 Å². The van der Waals surface area contributed by atoms with Gasteiger partial charge in [0, 0.05) is 24.4 Å². The quantitative estimate of drug-likeness (QED) is 0.210. The third-order valence-electron chi connectivity index (χ3n) is 6.84. The number of fused-ring (bicyclic) bond motifs is 1. The molecule has 2 aromatic carbocycles. The number of nitrogens with one attached hydrogen (secondary N) is 2. The first-order valence-electron chi connectivity index (χ1n) is 13.4. The van der Waals surface area contributed by atoms with Crippen molar-refractivity contribution in [1.29, 1.82) is 0 Å². The van der Waals surface area contributed by atoms with Crippen LogP contribution in [-0.2, 0) is 9.53 Å². The highest BCUT2D eigenvalue weighted by molar-refractivity contribution is 5.99. The fourth-order valence-corrected chi connectivity index (χ4v) is 4.86. The Labute approximate surface area is 232 Å². The fraction of sp³-hybridized carbons (Fsp3) is 0.300. The van der Waals surface area contributed by atoms with Crippen molar-refractivity contribution in [3.05, 3.63) is 83.4 Å². The summed E-state index contributed by atoms with van der Waals surface area (Å²) in [4.78, 5) is 39.9. The van der Waals surface area contributed by atoms with Crippen LogP contribution in [0, 0.1) is 0 Å². The lowest BCUT2D eigenvalue weighted by Gasteiger charge is -2.22. The molecule has 0 radical (unpaired) electrons. The van der Waals surface area contributed by atoms with E-state index >= 15 is 0 Å². The van der Waals surface area contributed by atoms with Crippen LogP contribution in [0.15, 0.2) is 72.2 Å². The molecule has 10 nitrogen and oxygen atoms in total. The fourth-order valence-electron chi connectivity index (χ4n) is 4.86. The molecule has 2 aromatic heterocycles. The van der Waals surface area contributed by atoms with Crippen molar-refractivity contribution in [3.63, 3.8) is 0 Å². The lowest BCUT2D eigenvalue weighted by Crippen LogP contribution is -2.28. The topological polar surface area (TPSA) is 120 Å². The van der Waals surface area contributed by atoms with Crippen LogP contribution < -0.4 is 20.9 Å². The average Bonchev–Trinajstić information content (AvgIpc) is 2.98. The van der Waals surface area contributed by atoms with E-state index in [-0.39, 0.29) is 17.4 Å². The lowest BCUT2D eigenvalue weighted by molar-refractivity contribution is -0.111. The van der Waals surface area contributed by atoms with Gasteiger partial charge in [0.2, 0.25) is 11.9 Å². The Morgan fingerprint density at radius 3 is 2.62 bits per heavy atom. The van der Waals surface area contributed by atoms with Gasteiger partial charge < -0.3 is 20.1 Å². The average molecular weight is 541 g/mol. The van der Waals surface area contributed by atoms with Gasteiger partial charge in [-0.2, -0.15) is 4.98 Å². The van der Waals surface area contributed by atoms with Gasteiger partial charge in [0.25, 0.3) is 5.56 Å². The van der Waals surface area contributed by atoms with Gasteiger partial charge in [-0.3, -0.25) is 14.2 Å². The Kier molecular flexibility index (Phi) is 8.46. The SMILES string of the molecule is C=CC(=O)Nc1cccc(-n2c(=O)c(C3CCCCC3)nc3cnc(Nc4ccc(OCCOC)cc4)nc32)c1. The summed E-state index contributed by atoms with van der Waals surface area (Å²) in [5.74, 6) is 0.787. The Hall–Kier alpha value is -4.57. The Balaban J connectivity index is 1.54. The van der Waals surface area contributed by atoms with Gasteiger partial charge >= 0.3 is 0 Å². The first-order valence-corrected chi connectivity index (χ1v) is 13.4. The van der Waals surface area contributed by atoms with Crippen LogP contribution in [0.2, 0.25) is 0 Å². The maximum atomic E-state index is 14.0. The number of nitrogens with zero attached hydrogens (tertiary/aromatic N) is 4. The molecule has 40 heavy (non-hydrogen) atoms. The molecule has 2 heterocycles. The highest BCUT2D eigenvalue weighted by Gasteiger charge is 2.24. The Morgan fingerprint density at radius 2 is 1.88 bits per heavy atom. The zero-order chi connectivity index (χ0) is 27.9. The van der Waals surface area contributed by atoms with Gasteiger partial charge in [0.15, 0.2) is 5.65 Å². The van der Waals surface area contributed by atoms with Gasteiger partial charge in [0.05, 0.1) is 18.5 Å². The molecule has 0 unspecified atom stereocenters. The van der Waals surface area contributed by atoms with E-state index in [1.54, 1.807) is 36.1 Å². The van der Waals surface area contributed by atoms with Crippen LogP contribution in [0.4, 0.5) is 17.3 Å². The number of rotatable bonds is 10. The van der Waals surface area contributed by atoms with Crippen LogP contribution in [-0.4, -0.2) is 45.7 Å². The molecule has 0 aliphatic heterocycles. The molecule has 1 aliphatic carbocycles. The molecule has 1 aliphatic rings. The first-order chi connectivity index (χ1) is 19.6. The number of benzene rings is 2. The number of amides is 1. The Bertz CT molecular complexity index is 1560. The predicted molar refractivity (Wildman–Crippen MR) is 155 cm³/mol. The van der Waals surface area contributed by atoms with E-state index in [1.165, 1.54) is 12.5 Å².